The van der Waals surface area contributed by atoms with Crippen LogP contribution in [0.5, 0.6) is 0 Å². The first kappa shape index (κ1) is 14.3. The molecule has 4 heteroatoms. The largest absolute Gasteiger partial charge is 0.382 e. The van der Waals surface area contributed by atoms with Gasteiger partial charge in [0.2, 0.25) is 6.29 Å². The lowest BCUT2D eigenvalue weighted by atomic mass is 9.94. The first-order chi connectivity index (χ1) is 8.99. The van der Waals surface area contributed by atoms with Crippen molar-refractivity contribution in [1.29, 1.82) is 0 Å². The maximum absolute atomic E-state index is 6.08. The summed E-state index contributed by atoms with van der Waals surface area (Å²) < 4.78 is 6.08. The monoisotopic (exact) mass is 277 g/mol. The second kappa shape index (κ2) is 5.88. The van der Waals surface area contributed by atoms with E-state index in [1.807, 2.05) is 18.2 Å². The second-order valence-corrected chi connectivity index (χ2v) is 10.4. The third kappa shape index (κ3) is 3.91. The van der Waals surface area contributed by atoms with Gasteiger partial charge < -0.3 is 9.26 Å². The van der Waals surface area contributed by atoms with Crippen LogP contribution in [-0.2, 0) is 9.26 Å². The predicted octanol–water partition coefficient (Wildman–Crippen LogP) is 4.01. The highest BCUT2D eigenvalue weighted by molar-refractivity contribution is 6.69. The first-order valence-electron chi connectivity index (χ1n) is 6.95. The Kier molecular flexibility index (Phi) is 4.42. The number of hydrogen-bond acceptors (Lipinski definition) is 3. The van der Waals surface area contributed by atoms with Crippen molar-refractivity contribution in [2.24, 2.45) is 11.1 Å². The van der Waals surface area contributed by atoms with Crippen LogP contribution >= 0.6 is 0 Å². The average Bonchev–Trinajstić information content (AvgIpc) is 2.38. The summed E-state index contributed by atoms with van der Waals surface area (Å²) in [7, 11) is -1.60. The second-order valence-electron chi connectivity index (χ2n) is 5.98. The van der Waals surface area contributed by atoms with Crippen LogP contribution < -0.4 is 0 Å². The van der Waals surface area contributed by atoms with Gasteiger partial charge in [0.1, 0.15) is 0 Å². The van der Waals surface area contributed by atoms with Crippen LogP contribution in [0, 0.1) is 5.92 Å². The summed E-state index contributed by atoms with van der Waals surface area (Å²) in [4.78, 5) is 5.62. The van der Waals surface area contributed by atoms with E-state index in [-0.39, 0.29) is 6.29 Å². The number of hydrogen-bond donors (Lipinski definition) is 0. The highest BCUT2D eigenvalue weighted by atomic mass is 28.4. The molecule has 1 aromatic carbocycles. The van der Waals surface area contributed by atoms with Gasteiger partial charge in [-0.3, -0.25) is 0 Å². The van der Waals surface area contributed by atoms with Crippen LogP contribution in [0.2, 0.25) is 19.6 Å². The Bertz CT molecular complexity index is 439. The molecule has 0 saturated heterocycles. The molecule has 19 heavy (non-hydrogen) atoms. The molecule has 0 aromatic heterocycles. The first-order valence-corrected chi connectivity index (χ1v) is 10.4. The molecule has 1 heterocycles. The molecule has 0 aliphatic carbocycles. The summed E-state index contributed by atoms with van der Waals surface area (Å²) in [5, 5.41) is 4.28. The highest BCUT2D eigenvalue weighted by Gasteiger charge is 2.33. The molecule has 0 fully saturated rings. The molecule has 2 atom stereocenters. The zero-order valence-corrected chi connectivity index (χ0v) is 13.2. The maximum atomic E-state index is 6.08. The van der Waals surface area contributed by atoms with E-state index in [1.165, 1.54) is 0 Å². The molecule has 0 bridgehead atoms. The average molecular weight is 277 g/mol. The van der Waals surface area contributed by atoms with Crippen LogP contribution in [0.25, 0.3) is 0 Å². The van der Waals surface area contributed by atoms with Gasteiger partial charge in [0.25, 0.3) is 0 Å². The van der Waals surface area contributed by atoms with Crippen molar-refractivity contribution in [3.63, 3.8) is 0 Å². The van der Waals surface area contributed by atoms with Gasteiger partial charge in [-0.25, -0.2) is 0 Å². The van der Waals surface area contributed by atoms with E-state index in [9.17, 15) is 0 Å². The molecular weight excluding hydrogens is 254 g/mol. The summed E-state index contributed by atoms with van der Waals surface area (Å²) in [6.07, 6.45) is 1.79. The van der Waals surface area contributed by atoms with E-state index in [1.54, 1.807) is 0 Å². The van der Waals surface area contributed by atoms with Crippen LogP contribution in [0.3, 0.4) is 0 Å². The Labute approximate surface area is 116 Å². The third-order valence-electron chi connectivity index (χ3n) is 3.21. The molecular formula is C15H23NO2Si. The van der Waals surface area contributed by atoms with Crippen molar-refractivity contribution in [1.82, 2.24) is 0 Å². The van der Waals surface area contributed by atoms with Gasteiger partial charge in [0.15, 0.2) is 8.32 Å². The van der Waals surface area contributed by atoms with E-state index >= 15 is 0 Å². The van der Waals surface area contributed by atoms with Gasteiger partial charge in [0, 0.05) is 12.3 Å². The molecule has 0 spiro atoms. The third-order valence-corrected chi connectivity index (χ3v) is 4.15. The minimum Gasteiger partial charge on any atom is -0.382 e. The highest BCUT2D eigenvalue weighted by Crippen LogP contribution is 2.27. The van der Waals surface area contributed by atoms with E-state index < -0.39 is 8.32 Å². The normalized spacial score (nSPS) is 23.7. The molecule has 1 aliphatic heterocycles. The minimum atomic E-state index is -1.60. The van der Waals surface area contributed by atoms with Gasteiger partial charge in [-0.1, -0.05) is 42.4 Å². The lowest BCUT2D eigenvalue weighted by Crippen LogP contribution is -2.40. The lowest BCUT2D eigenvalue weighted by molar-refractivity contribution is -0.128. The van der Waals surface area contributed by atoms with Crippen molar-refractivity contribution < 1.29 is 9.26 Å². The Morgan fingerprint density at radius 3 is 2.53 bits per heavy atom. The van der Waals surface area contributed by atoms with Gasteiger partial charge in [-0.15, -0.1) is 0 Å². The number of oxime groups is 1. The summed E-state index contributed by atoms with van der Waals surface area (Å²) in [6.45, 7) is 8.72. The molecule has 3 nitrogen and oxygen atoms in total. The molecule has 1 aliphatic rings. The quantitative estimate of drug-likeness (QED) is 0.778. The van der Waals surface area contributed by atoms with Crippen LogP contribution in [0.1, 0.15) is 25.3 Å². The Morgan fingerprint density at radius 1 is 1.26 bits per heavy atom. The van der Waals surface area contributed by atoms with Gasteiger partial charge in [-0.05, 0) is 31.6 Å². The maximum Gasteiger partial charge on any atom is 0.221 e. The number of nitrogens with zero attached hydrogens (tertiary/aromatic N) is 1. The summed E-state index contributed by atoms with van der Waals surface area (Å²) >= 11 is 0. The van der Waals surface area contributed by atoms with E-state index in [0.29, 0.717) is 5.92 Å². The van der Waals surface area contributed by atoms with E-state index in [2.05, 4.69) is 43.9 Å². The lowest BCUT2D eigenvalue weighted by Gasteiger charge is -2.33. The molecule has 2 rings (SSSR count). The van der Waals surface area contributed by atoms with E-state index in [0.717, 1.165) is 24.1 Å². The number of rotatable bonds is 4. The van der Waals surface area contributed by atoms with Crippen molar-refractivity contribution >= 4 is 14.0 Å². The van der Waals surface area contributed by atoms with Crippen LogP contribution in [-0.4, -0.2) is 20.3 Å². The standard InChI is InChI=1S/C15H23NO2Si/c1-5-12-11-14(13-9-7-6-8-10-13)16-17-15(12)18-19(2,3)4/h6-10,12,15H,5,11H2,1-4H3/t12-,15-/m0/s1. The zero-order valence-electron chi connectivity index (χ0n) is 12.2. The SMILES string of the molecule is CC[C@H]1CC(c2ccccc2)=NO[C@H]1O[Si](C)(C)C. The van der Waals surface area contributed by atoms with Crippen molar-refractivity contribution in [2.75, 3.05) is 0 Å². The summed E-state index contributed by atoms with van der Waals surface area (Å²) in [5.41, 5.74) is 2.18. The zero-order chi connectivity index (χ0) is 13.9. The van der Waals surface area contributed by atoms with Crippen molar-refractivity contribution in [2.45, 2.75) is 45.7 Å². The molecule has 0 N–H and O–H groups in total. The van der Waals surface area contributed by atoms with Gasteiger partial charge >= 0.3 is 0 Å². The molecule has 0 amide bonds. The molecule has 104 valence electrons. The van der Waals surface area contributed by atoms with Gasteiger partial charge in [0.05, 0.1) is 5.71 Å². The molecule has 0 unspecified atom stereocenters. The molecule has 0 radical (unpaired) electrons. The van der Waals surface area contributed by atoms with Crippen molar-refractivity contribution in [3.05, 3.63) is 35.9 Å². The fourth-order valence-corrected chi connectivity index (χ4v) is 3.12. The smallest absolute Gasteiger partial charge is 0.221 e. The Morgan fingerprint density at radius 2 is 1.95 bits per heavy atom. The van der Waals surface area contributed by atoms with E-state index in [4.69, 9.17) is 9.26 Å². The van der Waals surface area contributed by atoms with Gasteiger partial charge in [-0.2, -0.15) is 0 Å². The molecule has 0 saturated carbocycles. The number of benzene rings is 1. The Hall–Kier alpha value is -1.13. The summed E-state index contributed by atoms with van der Waals surface area (Å²) in [5.74, 6) is 0.388. The minimum absolute atomic E-state index is 0.177. The topological polar surface area (TPSA) is 30.8 Å². The van der Waals surface area contributed by atoms with Crippen molar-refractivity contribution in [3.8, 4) is 0 Å². The summed E-state index contributed by atoms with van der Waals surface area (Å²) in [6, 6.07) is 10.2. The fraction of sp³-hybridized carbons (Fsp3) is 0.533. The van der Waals surface area contributed by atoms with Crippen LogP contribution in [0.4, 0.5) is 0 Å². The fourth-order valence-electron chi connectivity index (χ4n) is 2.19. The predicted molar refractivity (Wildman–Crippen MR) is 80.7 cm³/mol. The molecule has 1 aromatic rings. The Balaban J connectivity index is 2.12. The van der Waals surface area contributed by atoms with Crippen LogP contribution in [0.15, 0.2) is 35.5 Å².